The Morgan fingerprint density at radius 3 is 2.86 bits per heavy atom. The molecule has 116 valence electrons. The van der Waals surface area contributed by atoms with Crippen molar-refractivity contribution >= 4 is 17.6 Å². The highest BCUT2D eigenvalue weighted by Gasteiger charge is 2.24. The molecule has 1 aliphatic rings. The molecule has 21 heavy (non-hydrogen) atoms. The molecule has 3 N–H and O–H groups in total. The molecule has 0 aliphatic heterocycles. The molecule has 0 aromatic heterocycles. The normalized spacial score (nSPS) is 21.9. The lowest BCUT2D eigenvalue weighted by atomic mass is 9.93. The van der Waals surface area contributed by atoms with Crippen LogP contribution >= 0.6 is 11.6 Å². The van der Waals surface area contributed by atoms with Crippen molar-refractivity contribution in [3.05, 3.63) is 34.6 Å². The molecule has 6 heteroatoms. The van der Waals surface area contributed by atoms with E-state index in [2.05, 4.69) is 10.6 Å². The van der Waals surface area contributed by atoms with E-state index in [0.29, 0.717) is 17.0 Å². The predicted octanol–water partition coefficient (Wildman–Crippen LogP) is 2.62. The summed E-state index contributed by atoms with van der Waals surface area (Å²) in [7, 11) is 0. The minimum Gasteiger partial charge on any atom is -0.391 e. The number of aliphatic hydroxyl groups excluding tert-OH is 1. The summed E-state index contributed by atoms with van der Waals surface area (Å²) in [6.07, 6.45) is 3.35. The maximum absolute atomic E-state index is 13.6. The minimum atomic E-state index is -0.481. The van der Waals surface area contributed by atoms with E-state index in [4.69, 9.17) is 11.6 Å². The standard InChI is InChI=1S/C15H20ClFN2O2/c16-11-4-3-5-12(17)10(11)8-9-18-15(21)19-13-6-1-2-7-14(13)20/h3-5,13-14,20H,1-2,6-9H2,(H2,18,19,21). The summed E-state index contributed by atoms with van der Waals surface area (Å²) in [6.45, 7) is 0.287. The maximum atomic E-state index is 13.6. The summed E-state index contributed by atoms with van der Waals surface area (Å²) in [4.78, 5) is 11.8. The van der Waals surface area contributed by atoms with Crippen molar-refractivity contribution in [2.24, 2.45) is 0 Å². The quantitative estimate of drug-likeness (QED) is 0.800. The lowest BCUT2D eigenvalue weighted by Crippen LogP contribution is -2.49. The summed E-state index contributed by atoms with van der Waals surface area (Å²) in [5.74, 6) is -0.368. The first kappa shape index (κ1) is 16.0. The Morgan fingerprint density at radius 1 is 1.38 bits per heavy atom. The average Bonchev–Trinajstić information content (AvgIpc) is 2.45. The number of urea groups is 1. The molecule has 2 atom stereocenters. The molecular weight excluding hydrogens is 295 g/mol. The topological polar surface area (TPSA) is 61.4 Å². The predicted molar refractivity (Wildman–Crippen MR) is 79.9 cm³/mol. The molecule has 1 saturated carbocycles. The van der Waals surface area contributed by atoms with Gasteiger partial charge in [0.25, 0.3) is 0 Å². The second-order valence-corrected chi connectivity index (χ2v) is 5.72. The number of aliphatic hydroxyl groups is 1. The van der Waals surface area contributed by atoms with E-state index in [-0.39, 0.29) is 24.4 Å². The molecule has 2 rings (SSSR count). The summed E-state index contributed by atoms with van der Waals surface area (Å²) in [5, 5.41) is 15.6. The van der Waals surface area contributed by atoms with Gasteiger partial charge in [0.15, 0.2) is 0 Å². The zero-order chi connectivity index (χ0) is 15.2. The third-order valence-electron chi connectivity index (χ3n) is 3.77. The molecule has 1 aromatic carbocycles. The third-order valence-corrected chi connectivity index (χ3v) is 4.12. The molecule has 0 heterocycles. The van der Waals surface area contributed by atoms with Crippen molar-refractivity contribution in [2.45, 2.75) is 44.2 Å². The van der Waals surface area contributed by atoms with E-state index < -0.39 is 6.10 Å². The highest BCUT2D eigenvalue weighted by atomic mass is 35.5. The van der Waals surface area contributed by atoms with Crippen LogP contribution < -0.4 is 10.6 Å². The Bertz CT molecular complexity index is 478. The van der Waals surface area contributed by atoms with Crippen LogP contribution in [0.4, 0.5) is 9.18 Å². The van der Waals surface area contributed by atoms with Gasteiger partial charge in [0.05, 0.1) is 12.1 Å². The number of nitrogens with one attached hydrogen (secondary N) is 2. The summed E-state index contributed by atoms with van der Waals surface area (Å²) in [6, 6.07) is 3.98. The second-order valence-electron chi connectivity index (χ2n) is 5.31. The number of carbonyl (C=O) groups excluding carboxylic acids is 1. The van der Waals surface area contributed by atoms with Crippen molar-refractivity contribution in [1.29, 1.82) is 0 Å². The minimum absolute atomic E-state index is 0.198. The monoisotopic (exact) mass is 314 g/mol. The number of halogens is 2. The first-order chi connectivity index (χ1) is 10.1. The lowest BCUT2D eigenvalue weighted by Gasteiger charge is -2.28. The lowest BCUT2D eigenvalue weighted by molar-refractivity contribution is 0.0943. The number of carbonyl (C=O) groups is 1. The summed E-state index contributed by atoms with van der Waals surface area (Å²) < 4.78 is 13.6. The highest BCUT2D eigenvalue weighted by molar-refractivity contribution is 6.31. The van der Waals surface area contributed by atoms with E-state index >= 15 is 0 Å². The fraction of sp³-hybridized carbons (Fsp3) is 0.533. The van der Waals surface area contributed by atoms with Gasteiger partial charge in [-0.25, -0.2) is 9.18 Å². The van der Waals surface area contributed by atoms with Crippen LogP contribution in [-0.2, 0) is 6.42 Å². The van der Waals surface area contributed by atoms with Gasteiger partial charge in [-0.15, -0.1) is 0 Å². The zero-order valence-corrected chi connectivity index (χ0v) is 12.5. The van der Waals surface area contributed by atoms with Gasteiger partial charge in [0, 0.05) is 17.1 Å². The van der Waals surface area contributed by atoms with Gasteiger partial charge in [0.2, 0.25) is 0 Å². The van der Waals surface area contributed by atoms with Crippen molar-refractivity contribution in [3.8, 4) is 0 Å². The third kappa shape index (κ3) is 4.58. The van der Waals surface area contributed by atoms with E-state index in [1.165, 1.54) is 6.07 Å². The molecular formula is C15H20ClFN2O2. The Labute approximate surface area is 128 Å². The number of hydrogen-bond donors (Lipinski definition) is 3. The van der Waals surface area contributed by atoms with Crippen LogP contribution in [0, 0.1) is 5.82 Å². The molecule has 0 radical (unpaired) electrons. The number of benzene rings is 1. The summed E-state index contributed by atoms with van der Waals surface area (Å²) >= 11 is 5.92. The molecule has 1 aliphatic carbocycles. The van der Waals surface area contributed by atoms with Crippen molar-refractivity contribution in [2.75, 3.05) is 6.54 Å². The molecule has 4 nitrogen and oxygen atoms in total. The summed E-state index contributed by atoms with van der Waals surface area (Å²) in [5.41, 5.74) is 0.400. The van der Waals surface area contributed by atoms with Crippen LogP contribution in [0.3, 0.4) is 0 Å². The van der Waals surface area contributed by atoms with Crippen LogP contribution in [0.1, 0.15) is 31.2 Å². The fourth-order valence-corrected chi connectivity index (χ4v) is 2.83. The van der Waals surface area contributed by atoms with Gasteiger partial charge < -0.3 is 15.7 Å². The molecule has 0 spiro atoms. The molecule has 0 bridgehead atoms. The van der Waals surface area contributed by atoms with E-state index in [9.17, 15) is 14.3 Å². The Hall–Kier alpha value is -1.33. The maximum Gasteiger partial charge on any atom is 0.315 e. The highest BCUT2D eigenvalue weighted by Crippen LogP contribution is 2.19. The van der Waals surface area contributed by atoms with Crippen LogP contribution in [0.25, 0.3) is 0 Å². The second kappa shape index (κ2) is 7.61. The van der Waals surface area contributed by atoms with Crippen LogP contribution in [0.15, 0.2) is 18.2 Å². The molecule has 1 aromatic rings. The Balaban J connectivity index is 1.76. The van der Waals surface area contributed by atoms with E-state index in [1.54, 1.807) is 12.1 Å². The van der Waals surface area contributed by atoms with Crippen molar-refractivity contribution in [3.63, 3.8) is 0 Å². The van der Waals surface area contributed by atoms with Crippen LogP contribution in [0.2, 0.25) is 5.02 Å². The van der Waals surface area contributed by atoms with Gasteiger partial charge in [-0.1, -0.05) is 30.5 Å². The van der Waals surface area contributed by atoms with Crippen molar-refractivity contribution < 1.29 is 14.3 Å². The Kier molecular flexibility index (Phi) is 5.82. The smallest absolute Gasteiger partial charge is 0.315 e. The number of hydrogen-bond acceptors (Lipinski definition) is 2. The van der Waals surface area contributed by atoms with Gasteiger partial charge in [0.1, 0.15) is 5.82 Å². The average molecular weight is 315 g/mol. The Morgan fingerprint density at radius 2 is 2.14 bits per heavy atom. The SMILES string of the molecule is O=C(NCCc1c(F)cccc1Cl)NC1CCCCC1O. The largest absolute Gasteiger partial charge is 0.391 e. The fourth-order valence-electron chi connectivity index (χ4n) is 2.57. The molecule has 2 unspecified atom stereocenters. The first-order valence-electron chi connectivity index (χ1n) is 7.23. The number of rotatable bonds is 4. The van der Waals surface area contributed by atoms with E-state index in [0.717, 1.165) is 25.7 Å². The molecule has 1 fully saturated rings. The van der Waals surface area contributed by atoms with Crippen LogP contribution in [0.5, 0.6) is 0 Å². The zero-order valence-electron chi connectivity index (χ0n) is 11.7. The van der Waals surface area contributed by atoms with Gasteiger partial charge in [-0.3, -0.25) is 0 Å². The molecule has 0 saturated heterocycles. The van der Waals surface area contributed by atoms with Crippen LogP contribution in [-0.4, -0.2) is 29.8 Å². The van der Waals surface area contributed by atoms with Gasteiger partial charge >= 0.3 is 6.03 Å². The van der Waals surface area contributed by atoms with Crippen molar-refractivity contribution in [1.82, 2.24) is 10.6 Å². The number of amides is 2. The van der Waals surface area contributed by atoms with Gasteiger partial charge in [-0.05, 0) is 31.4 Å². The van der Waals surface area contributed by atoms with Gasteiger partial charge in [-0.2, -0.15) is 0 Å². The first-order valence-corrected chi connectivity index (χ1v) is 7.61. The molecule has 2 amide bonds. The van der Waals surface area contributed by atoms with E-state index in [1.807, 2.05) is 0 Å².